The van der Waals surface area contributed by atoms with Crippen LogP contribution in [0.25, 0.3) is 0 Å². The Morgan fingerprint density at radius 1 is 1.36 bits per heavy atom. The zero-order chi connectivity index (χ0) is 10.6. The van der Waals surface area contributed by atoms with E-state index in [-0.39, 0.29) is 19.4 Å². The van der Waals surface area contributed by atoms with Crippen molar-refractivity contribution in [3.05, 3.63) is 0 Å². The number of hydroxylamine groups is 2. The first-order valence-electron chi connectivity index (χ1n) is 3.96. The van der Waals surface area contributed by atoms with Gasteiger partial charge in [0.25, 0.3) is 11.8 Å². The molecule has 0 aliphatic carbocycles. The van der Waals surface area contributed by atoms with E-state index in [4.69, 9.17) is 0 Å². The predicted molar refractivity (Wildman–Crippen MR) is 47.4 cm³/mol. The molecule has 1 aliphatic heterocycles. The second-order valence-electron chi connectivity index (χ2n) is 2.50. The van der Waals surface area contributed by atoms with Crippen molar-refractivity contribution in [2.24, 2.45) is 0 Å². The third kappa shape index (κ3) is 2.63. The minimum absolute atomic E-state index is 0.0676. The SMILES string of the molecule is O=C(OCCS)ON1C(=O)CCC1=O. The van der Waals surface area contributed by atoms with E-state index in [0.717, 1.165) is 0 Å². The first-order chi connectivity index (χ1) is 6.65. The van der Waals surface area contributed by atoms with Crippen LogP contribution in [0.3, 0.4) is 0 Å². The molecule has 0 N–H and O–H groups in total. The van der Waals surface area contributed by atoms with Gasteiger partial charge in [0.05, 0.1) is 0 Å². The Morgan fingerprint density at radius 3 is 2.43 bits per heavy atom. The fraction of sp³-hybridized carbons (Fsp3) is 0.571. The second kappa shape index (κ2) is 4.85. The quantitative estimate of drug-likeness (QED) is 0.415. The zero-order valence-corrected chi connectivity index (χ0v) is 8.16. The average molecular weight is 219 g/mol. The van der Waals surface area contributed by atoms with E-state index in [1.807, 2.05) is 0 Å². The molecule has 1 saturated heterocycles. The smallest absolute Gasteiger partial charge is 0.432 e. The molecule has 0 radical (unpaired) electrons. The molecular weight excluding hydrogens is 210 g/mol. The number of imide groups is 1. The van der Waals surface area contributed by atoms with Crippen LogP contribution in [0.5, 0.6) is 0 Å². The highest BCUT2D eigenvalue weighted by Gasteiger charge is 2.33. The molecule has 7 heteroatoms. The lowest BCUT2D eigenvalue weighted by molar-refractivity contribution is -0.176. The van der Waals surface area contributed by atoms with Gasteiger partial charge in [-0.2, -0.15) is 12.6 Å². The molecule has 1 rings (SSSR count). The maximum absolute atomic E-state index is 11.0. The zero-order valence-electron chi connectivity index (χ0n) is 7.26. The number of carbonyl (C=O) groups is 3. The summed E-state index contributed by atoms with van der Waals surface area (Å²) in [6, 6.07) is 0. The van der Waals surface area contributed by atoms with Gasteiger partial charge in [0.15, 0.2) is 0 Å². The molecule has 0 saturated carbocycles. The van der Waals surface area contributed by atoms with Crippen LogP contribution < -0.4 is 0 Å². The summed E-state index contributed by atoms with van der Waals surface area (Å²) in [4.78, 5) is 37.1. The van der Waals surface area contributed by atoms with Crippen LogP contribution in [0, 0.1) is 0 Å². The largest absolute Gasteiger partial charge is 0.533 e. The van der Waals surface area contributed by atoms with Crippen molar-refractivity contribution in [3.8, 4) is 0 Å². The van der Waals surface area contributed by atoms with Crippen molar-refractivity contribution in [2.75, 3.05) is 12.4 Å². The standard InChI is InChI=1S/C7H9NO5S/c9-5-1-2-6(10)8(5)13-7(11)12-3-4-14/h14H,1-4H2. The lowest BCUT2D eigenvalue weighted by Gasteiger charge is -2.11. The molecule has 14 heavy (non-hydrogen) atoms. The van der Waals surface area contributed by atoms with E-state index in [0.29, 0.717) is 10.8 Å². The number of ether oxygens (including phenoxy) is 1. The summed E-state index contributed by atoms with van der Waals surface area (Å²) in [5.74, 6) is -0.715. The summed E-state index contributed by atoms with van der Waals surface area (Å²) in [7, 11) is 0. The molecule has 0 aromatic carbocycles. The molecule has 0 aromatic heterocycles. The molecule has 1 aliphatic rings. The van der Waals surface area contributed by atoms with Gasteiger partial charge in [0.2, 0.25) is 0 Å². The Labute approximate surface area is 85.5 Å². The minimum Gasteiger partial charge on any atom is -0.432 e. The lowest BCUT2D eigenvalue weighted by Crippen LogP contribution is -2.32. The van der Waals surface area contributed by atoms with Crippen LogP contribution in [0.15, 0.2) is 0 Å². The summed E-state index contributed by atoms with van der Waals surface area (Å²) < 4.78 is 4.47. The van der Waals surface area contributed by atoms with Gasteiger partial charge in [0, 0.05) is 18.6 Å². The lowest BCUT2D eigenvalue weighted by atomic mass is 10.4. The fourth-order valence-electron chi connectivity index (χ4n) is 0.888. The van der Waals surface area contributed by atoms with Crippen molar-refractivity contribution in [1.29, 1.82) is 0 Å². The molecule has 0 aromatic rings. The molecule has 0 spiro atoms. The van der Waals surface area contributed by atoms with Crippen molar-refractivity contribution < 1.29 is 24.0 Å². The number of carbonyl (C=O) groups excluding carboxylic acids is 3. The molecule has 1 heterocycles. The van der Waals surface area contributed by atoms with Crippen molar-refractivity contribution in [3.63, 3.8) is 0 Å². The van der Waals surface area contributed by atoms with E-state index in [9.17, 15) is 14.4 Å². The summed E-state index contributed by atoms with van der Waals surface area (Å²) in [6.45, 7) is 0.0676. The van der Waals surface area contributed by atoms with Crippen LogP contribution in [0.2, 0.25) is 0 Å². The number of amides is 2. The molecule has 0 bridgehead atoms. The minimum atomic E-state index is -1.07. The molecule has 1 fully saturated rings. The Bertz CT molecular complexity index is 251. The maximum Gasteiger partial charge on any atom is 0.533 e. The molecule has 2 amide bonds. The van der Waals surface area contributed by atoms with Gasteiger partial charge in [-0.1, -0.05) is 5.06 Å². The van der Waals surface area contributed by atoms with E-state index in [1.54, 1.807) is 0 Å². The average Bonchev–Trinajstić information content (AvgIpc) is 2.46. The van der Waals surface area contributed by atoms with E-state index < -0.39 is 18.0 Å². The second-order valence-corrected chi connectivity index (χ2v) is 2.94. The van der Waals surface area contributed by atoms with Gasteiger partial charge in [0.1, 0.15) is 6.61 Å². The van der Waals surface area contributed by atoms with Crippen molar-refractivity contribution in [2.45, 2.75) is 12.8 Å². The topological polar surface area (TPSA) is 72.9 Å². The van der Waals surface area contributed by atoms with Crippen LogP contribution in [-0.4, -0.2) is 35.4 Å². The highest BCUT2D eigenvalue weighted by Crippen LogP contribution is 2.12. The molecule has 6 nitrogen and oxygen atoms in total. The summed E-state index contributed by atoms with van der Waals surface area (Å²) in [6.07, 6.45) is -0.931. The van der Waals surface area contributed by atoms with Gasteiger partial charge >= 0.3 is 6.16 Å². The van der Waals surface area contributed by atoms with Crippen molar-refractivity contribution >= 4 is 30.6 Å². The maximum atomic E-state index is 11.0. The van der Waals surface area contributed by atoms with Gasteiger partial charge in [-0.15, -0.1) is 0 Å². The highest BCUT2D eigenvalue weighted by atomic mass is 32.1. The van der Waals surface area contributed by atoms with E-state index >= 15 is 0 Å². The number of nitrogens with zero attached hydrogens (tertiary/aromatic N) is 1. The Balaban J connectivity index is 2.39. The van der Waals surface area contributed by atoms with Gasteiger partial charge in [-0.3, -0.25) is 14.4 Å². The van der Waals surface area contributed by atoms with Crippen LogP contribution in [0.1, 0.15) is 12.8 Å². The van der Waals surface area contributed by atoms with Gasteiger partial charge < -0.3 is 4.74 Å². The van der Waals surface area contributed by atoms with Crippen LogP contribution in [-0.2, 0) is 19.2 Å². The van der Waals surface area contributed by atoms with Gasteiger partial charge in [-0.25, -0.2) is 4.79 Å². The van der Waals surface area contributed by atoms with Crippen molar-refractivity contribution in [1.82, 2.24) is 5.06 Å². The van der Waals surface area contributed by atoms with Crippen LogP contribution >= 0.6 is 12.6 Å². The Kier molecular flexibility index (Phi) is 3.75. The van der Waals surface area contributed by atoms with E-state index in [2.05, 4.69) is 22.2 Å². The third-order valence-electron chi connectivity index (χ3n) is 1.48. The molecule has 78 valence electrons. The van der Waals surface area contributed by atoms with Gasteiger partial charge in [-0.05, 0) is 0 Å². The summed E-state index contributed by atoms with van der Waals surface area (Å²) in [5, 5.41) is 0.431. The summed E-state index contributed by atoms with van der Waals surface area (Å²) >= 11 is 3.80. The normalized spacial score (nSPS) is 15.9. The summed E-state index contributed by atoms with van der Waals surface area (Å²) in [5.41, 5.74) is 0. The fourth-order valence-corrected chi connectivity index (χ4v) is 0.979. The predicted octanol–water partition coefficient (Wildman–Crippen LogP) is 0.133. The monoisotopic (exact) mass is 219 g/mol. The molecular formula is C7H9NO5S. The Morgan fingerprint density at radius 2 is 1.93 bits per heavy atom. The molecule has 0 unspecified atom stereocenters. The number of rotatable bonds is 3. The van der Waals surface area contributed by atoms with Crippen LogP contribution in [0.4, 0.5) is 4.79 Å². The number of hydrogen-bond donors (Lipinski definition) is 1. The highest BCUT2D eigenvalue weighted by molar-refractivity contribution is 7.80. The first-order valence-corrected chi connectivity index (χ1v) is 4.59. The molecule has 0 atom stereocenters. The number of hydrogen-bond acceptors (Lipinski definition) is 6. The van der Waals surface area contributed by atoms with E-state index in [1.165, 1.54) is 0 Å². The Hall–Kier alpha value is -1.24. The first kappa shape index (κ1) is 10.8. The number of thiol groups is 1. The third-order valence-corrected chi connectivity index (χ3v) is 1.67.